The SMILES string of the molecule is CN(C)n1cc(NOS(=O)(=O)c2ccc([N+](=O)[O-])cc2)sc1=S. The summed E-state index contributed by atoms with van der Waals surface area (Å²) in [4.78, 5) is 9.74. The lowest BCUT2D eigenvalue weighted by atomic mass is 10.3. The molecule has 0 unspecified atom stereocenters. The van der Waals surface area contributed by atoms with Crippen LogP contribution in [-0.4, -0.2) is 32.1 Å². The standard InChI is InChI=1S/C11H12N4O5S3/c1-13(2)14-7-10(22-11(14)21)12-20-23(18,19)9-5-3-8(4-6-9)15(16)17/h3-7,12H,1-2H3. The van der Waals surface area contributed by atoms with Crippen LogP contribution in [0.3, 0.4) is 0 Å². The Kier molecular flexibility index (Phi) is 4.99. The Morgan fingerprint density at radius 3 is 2.43 bits per heavy atom. The van der Waals surface area contributed by atoms with E-state index in [2.05, 4.69) is 5.48 Å². The van der Waals surface area contributed by atoms with Crippen LogP contribution in [0.4, 0.5) is 10.7 Å². The van der Waals surface area contributed by atoms with Crippen molar-refractivity contribution < 1.29 is 17.6 Å². The van der Waals surface area contributed by atoms with Crippen molar-refractivity contribution in [1.29, 1.82) is 0 Å². The van der Waals surface area contributed by atoms with E-state index < -0.39 is 15.0 Å². The average molecular weight is 376 g/mol. The van der Waals surface area contributed by atoms with Crippen LogP contribution in [0.2, 0.25) is 0 Å². The highest BCUT2D eigenvalue weighted by Gasteiger charge is 2.18. The second kappa shape index (κ2) is 6.62. The molecule has 0 fully saturated rings. The average Bonchev–Trinajstić information content (AvgIpc) is 2.87. The minimum absolute atomic E-state index is 0.203. The monoisotopic (exact) mass is 376 g/mol. The summed E-state index contributed by atoms with van der Waals surface area (Å²) in [5, 5.41) is 12.7. The highest BCUT2D eigenvalue weighted by atomic mass is 32.2. The van der Waals surface area contributed by atoms with Gasteiger partial charge in [-0.05, 0) is 24.4 Å². The largest absolute Gasteiger partial charge is 0.317 e. The number of non-ortho nitro benzene ring substituents is 1. The van der Waals surface area contributed by atoms with Crippen molar-refractivity contribution in [3.05, 3.63) is 44.5 Å². The Morgan fingerprint density at radius 2 is 1.96 bits per heavy atom. The zero-order valence-corrected chi connectivity index (χ0v) is 14.4. The van der Waals surface area contributed by atoms with Crippen LogP contribution in [0.25, 0.3) is 0 Å². The van der Waals surface area contributed by atoms with Gasteiger partial charge in [-0.15, -0.1) is 4.28 Å². The van der Waals surface area contributed by atoms with Crippen LogP contribution in [0.1, 0.15) is 0 Å². The molecule has 1 N–H and O–H groups in total. The number of nitrogens with zero attached hydrogens (tertiary/aromatic N) is 3. The molecule has 0 saturated heterocycles. The quantitative estimate of drug-likeness (QED) is 0.464. The van der Waals surface area contributed by atoms with E-state index in [1.54, 1.807) is 30.0 Å². The van der Waals surface area contributed by atoms with Gasteiger partial charge < -0.3 is 5.01 Å². The van der Waals surface area contributed by atoms with Crippen molar-refractivity contribution in [2.75, 3.05) is 24.6 Å². The molecule has 23 heavy (non-hydrogen) atoms. The summed E-state index contributed by atoms with van der Waals surface area (Å²) in [7, 11) is -0.552. The molecular weight excluding hydrogens is 364 g/mol. The fourth-order valence-corrected chi connectivity index (χ4v) is 3.57. The lowest BCUT2D eigenvalue weighted by Gasteiger charge is -2.12. The summed E-state index contributed by atoms with van der Waals surface area (Å²) in [6, 6.07) is 4.37. The minimum Gasteiger partial charge on any atom is -0.317 e. The Bertz CT molecular complexity index is 870. The molecule has 12 heteroatoms. The van der Waals surface area contributed by atoms with E-state index in [1.165, 1.54) is 0 Å². The number of nitro groups is 1. The lowest BCUT2D eigenvalue weighted by molar-refractivity contribution is -0.384. The molecule has 0 radical (unpaired) electrons. The summed E-state index contributed by atoms with van der Waals surface area (Å²) in [6.07, 6.45) is 1.58. The van der Waals surface area contributed by atoms with Gasteiger partial charge in [0.1, 0.15) is 5.00 Å². The molecule has 1 heterocycles. The van der Waals surface area contributed by atoms with Gasteiger partial charge in [-0.2, -0.15) is 8.42 Å². The van der Waals surface area contributed by atoms with Gasteiger partial charge in [0.15, 0.2) is 3.95 Å². The third kappa shape index (κ3) is 4.04. The second-order valence-electron chi connectivity index (χ2n) is 4.44. The number of hydrogen-bond donors (Lipinski definition) is 1. The van der Waals surface area contributed by atoms with Crippen molar-refractivity contribution in [3.63, 3.8) is 0 Å². The van der Waals surface area contributed by atoms with E-state index in [4.69, 9.17) is 16.5 Å². The highest BCUT2D eigenvalue weighted by molar-refractivity contribution is 7.86. The summed E-state index contributed by atoms with van der Waals surface area (Å²) in [5.41, 5.74) is 2.11. The van der Waals surface area contributed by atoms with Gasteiger partial charge in [-0.25, -0.2) is 10.2 Å². The van der Waals surface area contributed by atoms with E-state index >= 15 is 0 Å². The van der Waals surface area contributed by atoms with E-state index in [9.17, 15) is 18.5 Å². The van der Waals surface area contributed by atoms with Crippen LogP contribution < -0.4 is 10.5 Å². The molecule has 2 aromatic rings. The maximum Gasteiger partial charge on any atom is 0.317 e. The van der Waals surface area contributed by atoms with Crippen molar-refractivity contribution in [1.82, 2.24) is 4.68 Å². The minimum atomic E-state index is -4.11. The molecule has 0 aliphatic carbocycles. The normalized spacial score (nSPS) is 11.2. The molecule has 0 amide bonds. The number of nitro benzene ring substituents is 1. The van der Waals surface area contributed by atoms with Gasteiger partial charge in [0.25, 0.3) is 5.69 Å². The predicted molar refractivity (Wildman–Crippen MR) is 88.2 cm³/mol. The van der Waals surface area contributed by atoms with E-state index in [-0.39, 0.29) is 10.6 Å². The number of thiazole rings is 1. The van der Waals surface area contributed by atoms with E-state index in [1.807, 2.05) is 0 Å². The molecule has 0 atom stereocenters. The van der Waals surface area contributed by atoms with E-state index in [0.717, 1.165) is 35.6 Å². The Labute approximate surface area is 140 Å². The molecule has 0 bridgehead atoms. The first-order valence-electron chi connectivity index (χ1n) is 6.05. The van der Waals surface area contributed by atoms with Crippen molar-refractivity contribution in [2.45, 2.75) is 4.90 Å². The second-order valence-corrected chi connectivity index (χ2v) is 7.67. The molecule has 0 spiro atoms. The van der Waals surface area contributed by atoms with Crippen LogP contribution >= 0.6 is 23.6 Å². The van der Waals surface area contributed by atoms with Gasteiger partial charge >= 0.3 is 10.1 Å². The van der Waals surface area contributed by atoms with Crippen molar-refractivity contribution >= 4 is 44.4 Å². The molecule has 1 aromatic heterocycles. The summed E-state index contributed by atoms with van der Waals surface area (Å²) < 4.78 is 30.9. The summed E-state index contributed by atoms with van der Waals surface area (Å²) in [5.74, 6) is 0. The molecule has 124 valence electrons. The number of hydrogen-bond acceptors (Lipinski definition) is 9. The third-order valence-corrected chi connectivity index (χ3v) is 5.00. The number of anilines is 1. The lowest BCUT2D eigenvalue weighted by Crippen LogP contribution is -2.23. The first kappa shape index (κ1) is 17.3. The molecular formula is C11H12N4O5S3. The number of aromatic nitrogens is 1. The van der Waals surface area contributed by atoms with Gasteiger partial charge in [0, 0.05) is 26.2 Å². The van der Waals surface area contributed by atoms with Gasteiger partial charge in [0.05, 0.1) is 16.0 Å². The zero-order valence-electron chi connectivity index (χ0n) is 12.0. The number of rotatable bonds is 6. The molecule has 0 aliphatic rings. The van der Waals surface area contributed by atoms with Gasteiger partial charge in [-0.3, -0.25) is 10.1 Å². The van der Waals surface area contributed by atoms with Crippen LogP contribution in [0, 0.1) is 14.1 Å². The summed E-state index contributed by atoms with van der Waals surface area (Å²) in [6.45, 7) is 0. The smallest absolute Gasteiger partial charge is 0.317 e. The summed E-state index contributed by atoms with van der Waals surface area (Å²) >= 11 is 6.25. The first-order chi connectivity index (χ1) is 10.7. The molecule has 2 rings (SSSR count). The third-order valence-electron chi connectivity index (χ3n) is 2.64. The van der Waals surface area contributed by atoms with Crippen LogP contribution in [-0.2, 0) is 14.4 Å². The fourth-order valence-electron chi connectivity index (χ4n) is 1.54. The van der Waals surface area contributed by atoms with Crippen LogP contribution in [0.5, 0.6) is 0 Å². The van der Waals surface area contributed by atoms with Gasteiger partial charge in [-0.1, -0.05) is 11.3 Å². The molecule has 9 nitrogen and oxygen atoms in total. The molecule has 0 saturated carbocycles. The topological polar surface area (TPSA) is 107 Å². The van der Waals surface area contributed by atoms with E-state index in [0.29, 0.717) is 8.96 Å². The van der Waals surface area contributed by atoms with Crippen molar-refractivity contribution in [2.24, 2.45) is 0 Å². The number of nitrogens with one attached hydrogen (secondary N) is 1. The zero-order chi connectivity index (χ0) is 17.2. The Balaban J connectivity index is 2.14. The van der Waals surface area contributed by atoms with Gasteiger partial charge in [0.2, 0.25) is 0 Å². The Morgan fingerprint density at radius 1 is 1.35 bits per heavy atom. The fraction of sp³-hybridized carbons (Fsp3) is 0.182. The molecule has 0 aliphatic heterocycles. The molecule has 1 aromatic carbocycles. The predicted octanol–water partition coefficient (Wildman–Crippen LogP) is 2.12. The number of benzene rings is 1. The highest BCUT2D eigenvalue weighted by Crippen LogP contribution is 2.21. The van der Waals surface area contributed by atoms with Crippen molar-refractivity contribution in [3.8, 4) is 0 Å². The van der Waals surface area contributed by atoms with Crippen LogP contribution in [0.15, 0.2) is 35.4 Å². The Hall–Kier alpha value is -2.02. The first-order valence-corrected chi connectivity index (χ1v) is 8.68. The maximum atomic E-state index is 12.0. The maximum absolute atomic E-state index is 12.0.